The van der Waals surface area contributed by atoms with Gasteiger partial charge >= 0.3 is 5.97 Å². The van der Waals surface area contributed by atoms with Gasteiger partial charge in [-0.05, 0) is 31.5 Å². The van der Waals surface area contributed by atoms with E-state index in [-0.39, 0.29) is 18.1 Å². The largest absolute Gasteiger partial charge is 0.479 e. The molecule has 0 radical (unpaired) electrons. The molecular formula is C19H23N3O5. The highest BCUT2D eigenvalue weighted by Gasteiger charge is 2.66. The summed E-state index contributed by atoms with van der Waals surface area (Å²) in [5.74, 6) is -1.91. The lowest BCUT2D eigenvalue weighted by atomic mass is 9.54. The van der Waals surface area contributed by atoms with Gasteiger partial charge < -0.3 is 15.2 Å². The van der Waals surface area contributed by atoms with Crippen LogP contribution in [0.5, 0.6) is 0 Å². The van der Waals surface area contributed by atoms with E-state index in [1.807, 2.05) is 13.8 Å². The van der Waals surface area contributed by atoms with Crippen molar-refractivity contribution in [3.63, 3.8) is 0 Å². The van der Waals surface area contributed by atoms with Crippen LogP contribution in [0.1, 0.15) is 43.1 Å². The number of hydrogen-bond acceptors (Lipinski definition) is 5. The highest BCUT2D eigenvalue weighted by Crippen LogP contribution is 2.51. The Hall–Kier alpha value is -2.74. The number of fused-ring (bicyclic) bond motifs is 1. The Morgan fingerprint density at radius 3 is 2.74 bits per heavy atom. The van der Waals surface area contributed by atoms with Crippen LogP contribution in [0.15, 0.2) is 29.3 Å². The SMILES string of the molecule is CCOC1CC(NC(=O)c2cnc3cc(C)ccn3c2=O)(C(=O)O)C1(C)C. The molecule has 2 N–H and O–H groups in total. The Balaban J connectivity index is 1.96. The Morgan fingerprint density at radius 2 is 2.15 bits per heavy atom. The van der Waals surface area contributed by atoms with E-state index >= 15 is 0 Å². The van der Waals surface area contributed by atoms with E-state index in [0.717, 1.165) is 5.56 Å². The number of carbonyl (C=O) groups is 2. The Labute approximate surface area is 156 Å². The van der Waals surface area contributed by atoms with Crippen molar-refractivity contribution in [1.29, 1.82) is 0 Å². The predicted molar refractivity (Wildman–Crippen MR) is 97.8 cm³/mol. The lowest BCUT2D eigenvalue weighted by Gasteiger charge is -2.58. The summed E-state index contributed by atoms with van der Waals surface area (Å²) in [5, 5.41) is 12.4. The van der Waals surface area contributed by atoms with E-state index in [2.05, 4.69) is 10.3 Å². The molecule has 8 heteroatoms. The first kappa shape index (κ1) is 19.0. The van der Waals surface area contributed by atoms with E-state index in [9.17, 15) is 19.5 Å². The molecule has 144 valence electrons. The Morgan fingerprint density at radius 1 is 1.44 bits per heavy atom. The summed E-state index contributed by atoms with van der Waals surface area (Å²) in [5.41, 5.74) is -1.73. The van der Waals surface area contributed by atoms with Gasteiger partial charge in [-0.25, -0.2) is 9.78 Å². The molecule has 27 heavy (non-hydrogen) atoms. The van der Waals surface area contributed by atoms with Gasteiger partial charge in [-0.3, -0.25) is 14.0 Å². The summed E-state index contributed by atoms with van der Waals surface area (Å²) in [6, 6.07) is 3.46. The van der Waals surface area contributed by atoms with E-state index in [1.54, 1.807) is 32.2 Å². The third-order valence-corrected chi connectivity index (χ3v) is 5.57. The number of pyridine rings is 1. The minimum atomic E-state index is -1.51. The van der Waals surface area contributed by atoms with Crippen LogP contribution < -0.4 is 10.9 Å². The minimum absolute atomic E-state index is 0.135. The van der Waals surface area contributed by atoms with Gasteiger partial charge in [-0.1, -0.05) is 13.8 Å². The Bertz CT molecular complexity index is 981. The van der Waals surface area contributed by atoms with Gasteiger partial charge in [0, 0.05) is 30.8 Å². The van der Waals surface area contributed by atoms with E-state index in [1.165, 1.54) is 10.6 Å². The fraction of sp³-hybridized carbons (Fsp3) is 0.474. The van der Waals surface area contributed by atoms with E-state index in [4.69, 9.17) is 4.74 Å². The topological polar surface area (TPSA) is 110 Å². The molecule has 2 aromatic rings. The number of aryl methyl sites for hydroxylation is 1. The summed E-state index contributed by atoms with van der Waals surface area (Å²) in [6.07, 6.45) is 2.57. The maximum absolute atomic E-state index is 12.8. The van der Waals surface area contributed by atoms with Crippen molar-refractivity contribution in [1.82, 2.24) is 14.7 Å². The van der Waals surface area contributed by atoms with Crippen LogP contribution >= 0.6 is 0 Å². The molecule has 0 aromatic carbocycles. The molecule has 2 heterocycles. The number of nitrogens with zero attached hydrogens (tertiary/aromatic N) is 2. The average Bonchev–Trinajstić information content (AvgIpc) is 2.60. The molecule has 1 aliphatic rings. The average molecular weight is 373 g/mol. The maximum Gasteiger partial charge on any atom is 0.330 e. The first-order chi connectivity index (χ1) is 12.6. The van der Waals surface area contributed by atoms with Gasteiger partial charge in [0.25, 0.3) is 11.5 Å². The number of carbonyl (C=O) groups excluding carboxylic acids is 1. The lowest BCUT2D eigenvalue weighted by molar-refractivity contribution is -0.190. The molecule has 1 aliphatic carbocycles. The zero-order chi connectivity index (χ0) is 20.0. The lowest BCUT2D eigenvalue weighted by Crippen LogP contribution is -2.76. The molecule has 0 saturated heterocycles. The molecule has 1 amide bonds. The second-order valence-electron chi connectivity index (χ2n) is 7.44. The number of hydrogen-bond donors (Lipinski definition) is 2. The molecule has 0 aliphatic heterocycles. The normalized spacial score (nSPS) is 23.6. The van der Waals surface area contributed by atoms with Crippen molar-refractivity contribution in [3.8, 4) is 0 Å². The first-order valence-electron chi connectivity index (χ1n) is 8.79. The van der Waals surface area contributed by atoms with Gasteiger partial charge in [0.05, 0.1) is 6.10 Å². The zero-order valence-corrected chi connectivity index (χ0v) is 15.8. The number of nitrogens with one attached hydrogen (secondary N) is 1. The van der Waals surface area contributed by atoms with Crippen molar-refractivity contribution < 1.29 is 19.4 Å². The second-order valence-corrected chi connectivity index (χ2v) is 7.44. The molecular weight excluding hydrogens is 350 g/mol. The fourth-order valence-corrected chi connectivity index (χ4v) is 3.63. The molecule has 2 aromatic heterocycles. The number of aromatic nitrogens is 2. The maximum atomic E-state index is 12.8. The Kier molecular flexibility index (Phi) is 4.55. The summed E-state index contributed by atoms with van der Waals surface area (Å²) < 4.78 is 6.85. The van der Waals surface area contributed by atoms with Crippen molar-refractivity contribution in [3.05, 3.63) is 46.0 Å². The standard InChI is InChI=1S/C19H23N3O5/c1-5-27-13-9-19(17(25)26,18(13,3)4)21-15(23)12-10-20-14-8-11(2)6-7-22(14)16(12)24/h6-8,10,13H,5,9H2,1-4H3,(H,21,23)(H,25,26). The summed E-state index contributed by atoms with van der Waals surface area (Å²) >= 11 is 0. The summed E-state index contributed by atoms with van der Waals surface area (Å²) in [7, 11) is 0. The third kappa shape index (κ3) is 2.80. The van der Waals surface area contributed by atoms with Crippen LogP contribution in [0.3, 0.4) is 0 Å². The number of carboxylic acids is 1. The van der Waals surface area contributed by atoms with Crippen LogP contribution in [0.2, 0.25) is 0 Å². The van der Waals surface area contributed by atoms with Crippen molar-refractivity contribution in [2.24, 2.45) is 5.41 Å². The molecule has 2 atom stereocenters. The summed E-state index contributed by atoms with van der Waals surface area (Å²) in [4.78, 5) is 41.6. The van der Waals surface area contributed by atoms with Crippen LogP contribution in [-0.2, 0) is 9.53 Å². The third-order valence-electron chi connectivity index (χ3n) is 5.57. The molecule has 1 fully saturated rings. The van der Waals surface area contributed by atoms with Crippen LogP contribution in [0, 0.1) is 12.3 Å². The van der Waals surface area contributed by atoms with Gasteiger partial charge in [-0.15, -0.1) is 0 Å². The van der Waals surface area contributed by atoms with E-state index < -0.39 is 28.4 Å². The van der Waals surface area contributed by atoms with E-state index in [0.29, 0.717) is 12.3 Å². The minimum Gasteiger partial charge on any atom is -0.479 e. The quantitative estimate of drug-likeness (QED) is 0.820. The first-order valence-corrected chi connectivity index (χ1v) is 8.79. The van der Waals surface area contributed by atoms with Crippen LogP contribution in [0.25, 0.3) is 5.65 Å². The van der Waals surface area contributed by atoms with Crippen molar-refractivity contribution >= 4 is 17.5 Å². The number of rotatable bonds is 5. The van der Waals surface area contributed by atoms with Crippen LogP contribution in [0.4, 0.5) is 0 Å². The highest BCUT2D eigenvalue weighted by molar-refractivity contribution is 5.98. The second kappa shape index (κ2) is 6.45. The number of aliphatic carboxylic acids is 1. The molecule has 1 saturated carbocycles. The van der Waals surface area contributed by atoms with Gasteiger partial charge in [0.15, 0.2) is 0 Å². The molecule has 8 nitrogen and oxygen atoms in total. The molecule has 0 bridgehead atoms. The molecule has 2 unspecified atom stereocenters. The van der Waals surface area contributed by atoms with Gasteiger partial charge in [0.1, 0.15) is 16.7 Å². The predicted octanol–water partition coefficient (Wildman–Crippen LogP) is 1.39. The smallest absolute Gasteiger partial charge is 0.330 e. The zero-order valence-electron chi connectivity index (χ0n) is 15.8. The van der Waals surface area contributed by atoms with Crippen molar-refractivity contribution in [2.45, 2.75) is 45.8 Å². The van der Waals surface area contributed by atoms with Gasteiger partial charge in [0.2, 0.25) is 0 Å². The number of ether oxygens (including phenoxy) is 1. The number of amides is 1. The summed E-state index contributed by atoms with van der Waals surface area (Å²) in [6.45, 7) is 7.63. The van der Waals surface area contributed by atoms with Crippen molar-refractivity contribution in [2.75, 3.05) is 6.61 Å². The van der Waals surface area contributed by atoms with Gasteiger partial charge in [-0.2, -0.15) is 0 Å². The number of carboxylic acid groups (broad SMARTS) is 1. The monoisotopic (exact) mass is 373 g/mol. The van der Waals surface area contributed by atoms with Crippen LogP contribution in [-0.4, -0.2) is 44.6 Å². The molecule has 3 rings (SSSR count). The molecule has 0 spiro atoms. The fourth-order valence-electron chi connectivity index (χ4n) is 3.63. The highest BCUT2D eigenvalue weighted by atomic mass is 16.5.